The number of nitrogens with zero attached hydrogens (tertiary/aromatic N) is 2. The SMILES string of the molecule is CCN(CCC(=O)O)S(=O)(=O)c1ccc(Cl)c([N+](=O)[O-])c1. The minimum absolute atomic E-state index is 0.0477. The van der Waals surface area contributed by atoms with Gasteiger partial charge in [0.05, 0.1) is 16.2 Å². The summed E-state index contributed by atoms with van der Waals surface area (Å²) in [5.41, 5.74) is -0.521. The van der Waals surface area contributed by atoms with Crippen LogP contribution in [0.5, 0.6) is 0 Å². The highest BCUT2D eigenvalue weighted by Crippen LogP contribution is 2.28. The van der Waals surface area contributed by atoms with Gasteiger partial charge in [0, 0.05) is 19.2 Å². The normalized spacial score (nSPS) is 11.6. The zero-order chi connectivity index (χ0) is 16.2. The van der Waals surface area contributed by atoms with Gasteiger partial charge in [-0.2, -0.15) is 4.31 Å². The van der Waals surface area contributed by atoms with E-state index in [9.17, 15) is 23.3 Å². The molecule has 0 bridgehead atoms. The second kappa shape index (κ2) is 6.83. The molecule has 21 heavy (non-hydrogen) atoms. The fraction of sp³-hybridized carbons (Fsp3) is 0.364. The lowest BCUT2D eigenvalue weighted by Gasteiger charge is -2.19. The maximum absolute atomic E-state index is 12.3. The number of carbonyl (C=O) groups is 1. The van der Waals surface area contributed by atoms with Crippen molar-refractivity contribution in [2.45, 2.75) is 18.2 Å². The number of carboxylic acid groups (broad SMARTS) is 1. The highest BCUT2D eigenvalue weighted by atomic mass is 35.5. The standard InChI is InChI=1S/C11H13ClN2O6S/c1-2-13(6-5-11(15)16)21(19,20)8-3-4-9(12)10(7-8)14(17)18/h3-4,7H,2,5-6H2,1H3,(H,15,16). The van der Waals surface area contributed by atoms with Crippen LogP contribution in [0.15, 0.2) is 23.1 Å². The third-order valence-corrected chi connectivity index (χ3v) is 4.97. The van der Waals surface area contributed by atoms with Gasteiger partial charge in [-0.1, -0.05) is 18.5 Å². The molecule has 0 aliphatic rings. The molecule has 0 unspecified atom stereocenters. The Morgan fingerprint density at radius 2 is 2.10 bits per heavy atom. The number of nitro groups is 1. The lowest BCUT2D eigenvalue weighted by atomic mass is 10.3. The van der Waals surface area contributed by atoms with Crippen LogP contribution in [0.4, 0.5) is 5.69 Å². The Bertz CT molecular complexity index is 661. The minimum atomic E-state index is -4.01. The van der Waals surface area contributed by atoms with E-state index in [0.29, 0.717) is 0 Å². The largest absolute Gasteiger partial charge is 0.481 e. The molecule has 116 valence electrons. The summed E-state index contributed by atoms with van der Waals surface area (Å²) in [6.45, 7) is 1.38. The van der Waals surface area contributed by atoms with Gasteiger partial charge in [-0.15, -0.1) is 0 Å². The quantitative estimate of drug-likeness (QED) is 0.598. The number of rotatable bonds is 7. The van der Waals surface area contributed by atoms with Gasteiger partial charge in [0.1, 0.15) is 5.02 Å². The number of halogens is 1. The van der Waals surface area contributed by atoms with E-state index in [1.54, 1.807) is 6.92 Å². The number of sulfonamides is 1. The van der Waals surface area contributed by atoms with E-state index in [4.69, 9.17) is 16.7 Å². The Morgan fingerprint density at radius 1 is 1.48 bits per heavy atom. The molecule has 0 saturated heterocycles. The molecule has 0 aliphatic heterocycles. The maximum atomic E-state index is 12.3. The summed E-state index contributed by atoms with van der Waals surface area (Å²) >= 11 is 5.63. The van der Waals surface area contributed by atoms with Crippen molar-refractivity contribution in [1.29, 1.82) is 0 Å². The minimum Gasteiger partial charge on any atom is -0.481 e. The number of hydrogen-bond donors (Lipinski definition) is 1. The van der Waals surface area contributed by atoms with E-state index in [2.05, 4.69) is 0 Å². The van der Waals surface area contributed by atoms with Gasteiger partial charge >= 0.3 is 5.97 Å². The molecule has 0 aliphatic carbocycles. The van der Waals surface area contributed by atoms with E-state index >= 15 is 0 Å². The highest BCUT2D eigenvalue weighted by Gasteiger charge is 2.26. The van der Waals surface area contributed by atoms with Crippen LogP contribution in [0, 0.1) is 10.1 Å². The second-order valence-corrected chi connectivity index (χ2v) is 6.36. The molecule has 0 amide bonds. The second-order valence-electron chi connectivity index (χ2n) is 4.01. The van der Waals surface area contributed by atoms with Crippen molar-refractivity contribution in [2.75, 3.05) is 13.1 Å². The van der Waals surface area contributed by atoms with Crippen LogP contribution in [0.3, 0.4) is 0 Å². The molecule has 8 nitrogen and oxygen atoms in total. The summed E-state index contributed by atoms with van der Waals surface area (Å²) in [7, 11) is -4.01. The predicted molar refractivity (Wildman–Crippen MR) is 74.8 cm³/mol. The van der Waals surface area contributed by atoms with Gasteiger partial charge in [0.25, 0.3) is 5.69 Å². The summed E-state index contributed by atoms with van der Waals surface area (Å²) in [5, 5.41) is 19.2. The fourth-order valence-corrected chi connectivity index (χ4v) is 3.27. The molecule has 1 aromatic carbocycles. The molecule has 0 aromatic heterocycles. The number of benzene rings is 1. The highest BCUT2D eigenvalue weighted by molar-refractivity contribution is 7.89. The molecular formula is C11H13ClN2O6S. The number of aliphatic carboxylic acids is 1. The summed E-state index contributed by atoms with van der Waals surface area (Å²) in [4.78, 5) is 20.3. The van der Waals surface area contributed by atoms with Crippen LogP contribution in [0.2, 0.25) is 5.02 Å². The Labute approximate surface area is 126 Å². The van der Waals surface area contributed by atoms with E-state index in [0.717, 1.165) is 22.5 Å². The smallest absolute Gasteiger partial charge is 0.304 e. The molecule has 0 fully saturated rings. The van der Waals surface area contributed by atoms with Crippen molar-refractivity contribution >= 4 is 33.3 Å². The van der Waals surface area contributed by atoms with Crippen molar-refractivity contribution in [3.8, 4) is 0 Å². The molecule has 0 radical (unpaired) electrons. The number of nitro benzene ring substituents is 1. The first-order valence-corrected chi connectivity index (χ1v) is 7.67. The lowest BCUT2D eigenvalue weighted by Crippen LogP contribution is -2.32. The Kier molecular flexibility index (Phi) is 5.64. The predicted octanol–water partition coefficient (Wildman–Crippen LogP) is 1.73. The van der Waals surface area contributed by atoms with Gasteiger partial charge in [0.15, 0.2) is 0 Å². The van der Waals surface area contributed by atoms with Gasteiger partial charge in [-0.3, -0.25) is 14.9 Å². The van der Waals surface area contributed by atoms with Crippen molar-refractivity contribution in [2.24, 2.45) is 0 Å². The van der Waals surface area contributed by atoms with Gasteiger partial charge in [0.2, 0.25) is 10.0 Å². The fourth-order valence-electron chi connectivity index (χ4n) is 1.61. The molecule has 0 atom stereocenters. The van der Waals surface area contributed by atoms with Crippen molar-refractivity contribution in [3.05, 3.63) is 33.3 Å². The Balaban J connectivity index is 3.19. The van der Waals surface area contributed by atoms with Gasteiger partial charge < -0.3 is 5.11 Å². The van der Waals surface area contributed by atoms with Gasteiger partial charge in [-0.25, -0.2) is 8.42 Å². The molecule has 0 spiro atoms. The van der Waals surface area contributed by atoms with E-state index in [1.807, 2.05) is 0 Å². The molecule has 1 aromatic rings. The maximum Gasteiger partial charge on any atom is 0.304 e. The van der Waals surface area contributed by atoms with Crippen LogP contribution in [-0.4, -0.2) is 41.8 Å². The van der Waals surface area contributed by atoms with E-state index in [-0.39, 0.29) is 29.4 Å². The van der Waals surface area contributed by atoms with Crippen LogP contribution in [0.1, 0.15) is 13.3 Å². The van der Waals surface area contributed by atoms with Crippen LogP contribution in [0.25, 0.3) is 0 Å². The lowest BCUT2D eigenvalue weighted by molar-refractivity contribution is -0.384. The van der Waals surface area contributed by atoms with E-state index in [1.165, 1.54) is 0 Å². The average molecular weight is 337 g/mol. The first-order valence-electron chi connectivity index (χ1n) is 5.86. The van der Waals surface area contributed by atoms with Crippen molar-refractivity contribution in [1.82, 2.24) is 4.31 Å². The first-order chi connectivity index (χ1) is 9.70. The first kappa shape index (κ1) is 17.3. The third kappa shape index (κ3) is 4.13. The molecule has 1 N–H and O–H groups in total. The van der Waals surface area contributed by atoms with Crippen LogP contribution in [-0.2, 0) is 14.8 Å². The average Bonchev–Trinajstić information content (AvgIpc) is 2.38. The van der Waals surface area contributed by atoms with Crippen molar-refractivity contribution < 1.29 is 23.2 Å². The van der Waals surface area contributed by atoms with Crippen LogP contribution >= 0.6 is 11.6 Å². The number of carboxylic acids is 1. The van der Waals surface area contributed by atoms with Crippen molar-refractivity contribution in [3.63, 3.8) is 0 Å². The molecule has 1 rings (SSSR count). The van der Waals surface area contributed by atoms with E-state index < -0.39 is 26.6 Å². The summed E-state index contributed by atoms with van der Waals surface area (Å²) in [6, 6.07) is 3.13. The number of hydrogen-bond acceptors (Lipinski definition) is 5. The molecule has 10 heteroatoms. The molecular weight excluding hydrogens is 324 g/mol. The molecule has 0 saturated carbocycles. The topological polar surface area (TPSA) is 118 Å². The monoisotopic (exact) mass is 336 g/mol. The summed E-state index contributed by atoms with van der Waals surface area (Å²) in [6.07, 6.45) is -0.358. The van der Waals surface area contributed by atoms with Gasteiger partial charge in [-0.05, 0) is 12.1 Å². The zero-order valence-corrected chi connectivity index (χ0v) is 12.6. The Morgan fingerprint density at radius 3 is 2.57 bits per heavy atom. The summed E-state index contributed by atoms with van der Waals surface area (Å²) < 4.78 is 25.6. The summed E-state index contributed by atoms with van der Waals surface area (Å²) in [5.74, 6) is -1.13. The Hall–Kier alpha value is -1.71. The molecule has 0 heterocycles. The zero-order valence-electron chi connectivity index (χ0n) is 11.0. The third-order valence-electron chi connectivity index (χ3n) is 2.68. The van der Waals surface area contributed by atoms with Crippen LogP contribution < -0.4 is 0 Å².